The van der Waals surface area contributed by atoms with Crippen molar-refractivity contribution < 1.29 is 18.8 Å². The van der Waals surface area contributed by atoms with Crippen molar-refractivity contribution in [2.75, 3.05) is 39.3 Å². The Morgan fingerprint density at radius 1 is 1.08 bits per heavy atom. The predicted molar refractivity (Wildman–Crippen MR) is 95.4 cm³/mol. The molecule has 0 saturated carbocycles. The van der Waals surface area contributed by atoms with Gasteiger partial charge in [0.05, 0.1) is 12.2 Å². The highest BCUT2D eigenvalue weighted by molar-refractivity contribution is 5.91. The quantitative estimate of drug-likeness (QED) is 0.816. The fraction of sp³-hybridized carbons (Fsp3) is 0.632. The van der Waals surface area contributed by atoms with Crippen LogP contribution in [-0.2, 0) is 9.59 Å². The second-order valence-electron chi connectivity index (χ2n) is 7.02. The lowest BCUT2D eigenvalue weighted by molar-refractivity contribution is -0.142. The molecule has 0 radical (unpaired) electrons. The van der Waals surface area contributed by atoms with Gasteiger partial charge in [0.15, 0.2) is 5.76 Å². The molecule has 7 heteroatoms. The Morgan fingerprint density at radius 3 is 2.46 bits per heavy atom. The molecule has 2 aliphatic rings. The summed E-state index contributed by atoms with van der Waals surface area (Å²) in [6.07, 6.45) is 4.58. The van der Waals surface area contributed by atoms with Crippen molar-refractivity contribution in [2.45, 2.75) is 32.6 Å². The number of nitrogens with zero attached hydrogens (tertiary/aromatic N) is 3. The number of carbonyl (C=O) groups is 3. The molecule has 2 aliphatic heterocycles. The van der Waals surface area contributed by atoms with Gasteiger partial charge in [0.1, 0.15) is 0 Å². The molecule has 142 valence electrons. The predicted octanol–water partition coefficient (Wildman–Crippen LogP) is 1.60. The van der Waals surface area contributed by atoms with Gasteiger partial charge < -0.3 is 19.1 Å². The van der Waals surface area contributed by atoms with Crippen LogP contribution in [0.4, 0.5) is 0 Å². The van der Waals surface area contributed by atoms with E-state index < -0.39 is 0 Å². The van der Waals surface area contributed by atoms with Crippen molar-refractivity contribution in [3.63, 3.8) is 0 Å². The largest absolute Gasteiger partial charge is 0.459 e. The molecule has 3 rings (SSSR count). The molecule has 0 aliphatic carbocycles. The first-order chi connectivity index (χ1) is 12.6. The average Bonchev–Trinajstić information content (AvgIpc) is 3.22. The van der Waals surface area contributed by atoms with Crippen LogP contribution >= 0.6 is 0 Å². The topological polar surface area (TPSA) is 74.1 Å². The summed E-state index contributed by atoms with van der Waals surface area (Å²) in [5.74, 6) is 0.359. The number of furan rings is 1. The molecular formula is C19H27N3O4. The van der Waals surface area contributed by atoms with E-state index in [1.54, 1.807) is 17.0 Å². The molecule has 1 aromatic rings. The van der Waals surface area contributed by atoms with E-state index in [2.05, 4.69) is 0 Å². The molecule has 0 aromatic carbocycles. The van der Waals surface area contributed by atoms with Crippen molar-refractivity contribution in [2.24, 2.45) is 5.92 Å². The van der Waals surface area contributed by atoms with Gasteiger partial charge in [0, 0.05) is 45.7 Å². The molecule has 2 fully saturated rings. The molecule has 1 unspecified atom stereocenters. The van der Waals surface area contributed by atoms with Crippen LogP contribution in [0, 0.1) is 5.92 Å². The van der Waals surface area contributed by atoms with E-state index in [-0.39, 0.29) is 23.6 Å². The molecule has 0 spiro atoms. The molecule has 26 heavy (non-hydrogen) atoms. The summed E-state index contributed by atoms with van der Waals surface area (Å²) in [6, 6.07) is 3.35. The Labute approximate surface area is 153 Å². The highest BCUT2D eigenvalue weighted by Gasteiger charge is 2.33. The zero-order valence-corrected chi connectivity index (χ0v) is 15.4. The van der Waals surface area contributed by atoms with Gasteiger partial charge >= 0.3 is 0 Å². The lowest BCUT2D eigenvalue weighted by Crippen LogP contribution is -2.54. The molecule has 0 bridgehead atoms. The minimum absolute atomic E-state index is 0.114. The summed E-state index contributed by atoms with van der Waals surface area (Å²) < 4.78 is 5.16. The third kappa shape index (κ3) is 4.08. The van der Waals surface area contributed by atoms with Gasteiger partial charge in [-0.05, 0) is 31.4 Å². The first-order valence-corrected chi connectivity index (χ1v) is 9.49. The van der Waals surface area contributed by atoms with E-state index >= 15 is 0 Å². The van der Waals surface area contributed by atoms with Crippen LogP contribution in [0.1, 0.15) is 43.2 Å². The molecule has 7 nitrogen and oxygen atoms in total. The first kappa shape index (κ1) is 18.5. The summed E-state index contributed by atoms with van der Waals surface area (Å²) in [7, 11) is 0. The van der Waals surface area contributed by atoms with Gasteiger partial charge in [-0.25, -0.2) is 0 Å². The van der Waals surface area contributed by atoms with Crippen LogP contribution in [0.3, 0.4) is 0 Å². The highest BCUT2D eigenvalue weighted by atomic mass is 16.3. The lowest BCUT2D eigenvalue weighted by atomic mass is 9.95. The number of piperidine rings is 1. The van der Waals surface area contributed by atoms with Gasteiger partial charge in [0.2, 0.25) is 11.8 Å². The lowest BCUT2D eigenvalue weighted by Gasteiger charge is -2.38. The molecule has 0 N–H and O–H groups in total. The molecular weight excluding hydrogens is 334 g/mol. The van der Waals surface area contributed by atoms with Crippen molar-refractivity contribution >= 4 is 17.7 Å². The fourth-order valence-electron chi connectivity index (χ4n) is 3.72. The summed E-state index contributed by atoms with van der Waals surface area (Å²) in [5.41, 5.74) is 0. The molecule has 2 saturated heterocycles. The number of rotatable bonds is 4. The van der Waals surface area contributed by atoms with Gasteiger partial charge in [-0.1, -0.05) is 6.92 Å². The number of likely N-dealkylation sites (tertiary alicyclic amines) is 1. The second kappa shape index (κ2) is 8.38. The Kier molecular flexibility index (Phi) is 5.96. The van der Waals surface area contributed by atoms with Gasteiger partial charge in [0.25, 0.3) is 5.91 Å². The molecule has 1 aromatic heterocycles. The van der Waals surface area contributed by atoms with Gasteiger partial charge in [-0.3, -0.25) is 14.4 Å². The van der Waals surface area contributed by atoms with E-state index in [9.17, 15) is 14.4 Å². The minimum atomic E-state index is -0.129. The molecule has 1 atom stereocenters. The number of hydrogen-bond donors (Lipinski definition) is 0. The summed E-state index contributed by atoms with van der Waals surface area (Å²) in [5, 5.41) is 0. The molecule has 3 heterocycles. The third-order valence-electron chi connectivity index (χ3n) is 5.20. The fourth-order valence-corrected chi connectivity index (χ4v) is 3.72. The number of amides is 3. The third-order valence-corrected chi connectivity index (χ3v) is 5.20. The Morgan fingerprint density at radius 2 is 1.81 bits per heavy atom. The minimum Gasteiger partial charge on any atom is -0.459 e. The molecule has 3 amide bonds. The standard InChI is InChI=1S/C19H27N3O4/c1-2-5-17(23)22-8-3-6-15(14-22)18(24)20-9-11-21(12-10-20)19(25)16-7-4-13-26-16/h4,7,13,15H,2-3,5-6,8-12,14H2,1H3. The van der Waals surface area contributed by atoms with E-state index in [1.165, 1.54) is 6.26 Å². The Balaban J connectivity index is 1.51. The smallest absolute Gasteiger partial charge is 0.289 e. The van der Waals surface area contributed by atoms with Crippen LogP contribution < -0.4 is 0 Å². The van der Waals surface area contributed by atoms with Gasteiger partial charge in [-0.15, -0.1) is 0 Å². The Bertz CT molecular complexity index is 635. The summed E-state index contributed by atoms with van der Waals surface area (Å²) in [6.45, 7) is 5.37. The summed E-state index contributed by atoms with van der Waals surface area (Å²) in [4.78, 5) is 42.7. The van der Waals surface area contributed by atoms with Crippen molar-refractivity contribution in [1.82, 2.24) is 14.7 Å². The van der Waals surface area contributed by atoms with E-state index in [0.717, 1.165) is 25.8 Å². The monoisotopic (exact) mass is 361 g/mol. The number of hydrogen-bond acceptors (Lipinski definition) is 4. The number of carbonyl (C=O) groups excluding carboxylic acids is 3. The number of piperazine rings is 1. The zero-order chi connectivity index (χ0) is 18.5. The maximum atomic E-state index is 12.9. The zero-order valence-electron chi connectivity index (χ0n) is 15.4. The SMILES string of the molecule is CCCC(=O)N1CCCC(C(=O)N2CCN(C(=O)c3ccco3)CC2)C1. The van der Waals surface area contributed by atoms with Crippen LogP contribution in [0.15, 0.2) is 22.8 Å². The first-order valence-electron chi connectivity index (χ1n) is 9.49. The van der Waals surface area contributed by atoms with Crippen LogP contribution in [0.2, 0.25) is 0 Å². The van der Waals surface area contributed by atoms with E-state index in [4.69, 9.17) is 4.42 Å². The van der Waals surface area contributed by atoms with Crippen molar-refractivity contribution in [3.05, 3.63) is 24.2 Å². The van der Waals surface area contributed by atoms with E-state index in [1.807, 2.05) is 16.7 Å². The highest BCUT2D eigenvalue weighted by Crippen LogP contribution is 2.21. The van der Waals surface area contributed by atoms with E-state index in [0.29, 0.717) is 44.9 Å². The maximum absolute atomic E-state index is 12.9. The van der Waals surface area contributed by atoms with Crippen molar-refractivity contribution in [3.8, 4) is 0 Å². The normalized spacial score (nSPS) is 21.0. The van der Waals surface area contributed by atoms with Crippen molar-refractivity contribution in [1.29, 1.82) is 0 Å². The average molecular weight is 361 g/mol. The maximum Gasteiger partial charge on any atom is 0.289 e. The van der Waals surface area contributed by atoms with Crippen LogP contribution in [0.5, 0.6) is 0 Å². The van der Waals surface area contributed by atoms with Gasteiger partial charge in [-0.2, -0.15) is 0 Å². The van der Waals surface area contributed by atoms with Crippen LogP contribution in [-0.4, -0.2) is 71.7 Å². The summed E-state index contributed by atoms with van der Waals surface area (Å²) >= 11 is 0. The second-order valence-corrected chi connectivity index (χ2v) is 7.02. The van der Waals surface area contributed by atoms with Crippen LogP contribution in [0.25, 0.3) is 0 Å². The Hall–Kier alpha value is -2.31.